The Morgan fingerprint density at radius 1 is 1.72 bits per heavy atom. The zero-order valence-electron chi connectivity index (χ0n) is 10.4. The Morgan fingerprint density at radius 3 is 3.22 bits per heavy atom. The molecule has 1 fully saturated rings. The maximum Gasteiger partial charge on any atom is 0.241 e. The summed E-state index contributed by atoms with van der Waals surface area (Å²) < 4.78 is 6.71. The molecule has 1 saturated heterocycles. The molecule has 2 heterocycles. The van der Waals surface area contributed by atoms with Gasteiger partial charge in [0.25, 0.3) is 0 Å². The lowest BCUT2D eigenvalue weighted by molar-refractivity contribution is -0.117. The molecular weight excluding hydrogens is 256 g/mol. The standard InChI is InChI=1S/C11H18N4O2.ClH/c1-17-6-5-15-8-9(7-13-15)14-11(16)10-3-2-4-12-10;/h7-8,10,12H,2-6H2,1H3,(H,14,16);1H/t10-;/m0./s1. The van der Waals surface area contributed by atoms with Crippen molar-refractivity contribution < 1.29 is 9.53 Å². The Balaban J connectivity index is 0.00000162. The normalized spacial score (nSPS) is 18.4. The molecule has 1 aromatic heterocycles. The van der Waals surface area contributed by atoms with Gasteiger partial charge in [0.2, 0.25) is 5.91 Å². The minimum atomic E-state index is -0.0580. The minimum Gasteiger partial charge on any atom is -0.383 e. The topological polar surface area (TPSA) is 68.2 Å². The summed E-state index contributed by atoms with van der Waals surface area (Å²) in [6.45, 7) is 2.22. The lowest BCUT2D eigenvalue weighted by Gasteiger charge is -2.08. The van der Waals surface area contributed by atoms with Gasteiger partial charge >= 0.3 is 0 Å². The monoisotopic (exact) mass is 274 g/mol. The van der Waals surface area contributed by atoms with Gasteiger partial charge in [0.05, 0.1) is 31.1 Å². The number of hydrogen-bond donors (Lipinski definition) is 2. The van der Waals surface area contributed by atoms with E-state index in [4.69, 9.17) is 4.74 Å². The van der Waals surface area contributed by atoms with E-state index in [-0.39, 0.29) is 24.4 Å². The first-order valence-corrected chi connectivity index (χ1v) is 5.85. The number of aromatic nitrogens is 2. The average molecular weight is 275 g/mol. The Bertz CT molecular complexity index is 377. The van der Waals surface area contributed by atoms with Gasteiger partial charge in [-0.1, -0.05) is 0 Å². The van der Waals surface area contributed by atoms with Crippen molar-refractivity contribution >= 4 is 24.0 Å². The zero-order valence-corrected chi connectivity index (χ0v) is 11.2. The highest BCUT2D eigenvalue weighted by atomic mass is 35.5. The van der Waals surface area contributed by atoms with E-state index in [9.17, 15) is 4.79 Å². The third kappa shape index (κ3) is 3.97. The first-order chi connectivity index (χ1) is 8.29. The number of ether oxygens (including phenoxy) is 1. The van der Waals surface area contributed by atoms with E-state index in [1.165, 1.54) is 0 Å². The van der Waals surface area contributed by atoms with Crippen LogP contribution < -0.4 is 10.6 Å². The number of carbonyl (C=O) groups is 1. The minimum absolute atomic E-state index is 0. The Morgan fingerprint density at radius 2 is 2.56 bits per heavy atom. The Kier molecular flexibility index (Phi) is 6.11. The van der Waals surface area contributed by atoms with Gasteiger partial charge in [0.15, 0.2) is 0 Å². The molecule has 18 heavy (non-hydrogen) atoms. The second-order valence-corrected chi connectivity index (χ2v) is 4.12. The molecule has 0 unspecified atom stereocenters. The molecule has 102 valence electrons. The molecule has 1 aliphatic rings. The van der Waals surface area contributed by atoms with Gasteiger partial charge in [-0.2, -0.15) is 5.10 Å². The van der Waals surface area contributed by atoms with E-state index in [1.54, 1.807) is 18.0 Å². The third-order valence-corrected chi connectivity index (χ3v) is 2.80. The summed E-state index contributed by atoms with van der Waals surface area (Å²) in [6, 6.07) is -0.0580. The van der Waals surface area contributed by atoms with E-state index in [0.717, 1.165) is 25.1 Å². The molecule has 1 amide bonds. The van der Waals surface area contributed by atoms with Crippen molar-refractivity contribution in [2.75, 3.05) is 25.6 Å². The molecular formula is C11H19ClN4O2. The number of methoxy groups -OCH3 is 1. The predicted octanol–water partition coefficient (Wildman–Crippen LogP) is 0.642. The summed E-state index contributed by atoms with van der Waals surface area (Å²) in [5, 5.41) is 10.1. The van der Waals surface area contributed by atoms with Crippen molar-refractivity contribution in [2.45, 2.75) is 25.4 Å². The number of anilines is 1. The molecule has 7 heteroatoms. The second-order valence-electron chi connectivity index (χ2n) is 4.12. The highest BCUT2D eigenvalue weighted by molar-refractivity contribution is 5.94. The number of nitrogens with one attached hydrogen (secondary N) is 2. The van der Waals surface area contributed by atoms with Gasteiger partial charge in [-0.3, -0.25) is 9.48 Å². The summed E-state index contributed by atoms with van der Waals surface area (Å²) >= 11 is 0. The maximum atomic E-state index is 11.8. The van der Waals surface area contributed by atoms with Crippen LogP contribution in [0.4, 0.5) is 5.69 Å². The van der Waals surface area contributed by atoms with Crippen LogP contribution >= 0.6 is 12.4 Å². The number of rotatable bonds is 5. The number of amides is 1. The van der Waals surface area contributed by atoms with Crippen LogP contribution in [0.5, 0.6) is 0 Å². The van der Waals surface area contributed by atoms with E-state index >= 15 is 0 Å². The maximum absolute atomic E-state index is 11.8. The average Bonchev–Trinajstić information content (AvgIpc) is 2.97. The van der Waals surface area contributed by atoms with Gasteiger partial charge in [-0.05, 0) is 19.4 Å². The van der Waals surface area contributed by atoms with E-state index < -0.39 is 0 Å². The lowest BCUT2D eigenvalue weighted by atomic mass is 10.2. The molecule has 0 saturated carbocycles. The van der Waals surface area contributed by atoms with Crippen LogP contribution in [0.15, 0.2) is 12.4 Å². The Hall–Kier alpha value is -1.11. The van der Waals surface area contributed by atoms with Crippen LogP contribution in [-0.4, -0.2) is 42.0 Å². The van der Waals surface area contributed by atoms with Crippen LogP contribution in [0.3, 0.4) is 0 Å². The highest BCUT2D eigenvalue weighted by Crippen LogP contribution is 2.10. The SMILES string of the molecule is COCCn1cc(NC(=O)[C@@H]2CCCN2)cn1.Cl. The number of carbonyl (C=O) groups excluding carboxylic acids is 1. The smallest absolute Gasteiger partial charge is 0.241 e. The molecule has 1 atom stereocenters. The molecule has 1 aromatic rings. The van der Waals surface area contributed by atoms with Crippen LogP contribution in [0.2, 0.25) is 0 Å². The van der Waals surface area contributed by atoms with E-state index in [1.807, 2.05) is 6.20 Å². The fraction of sp³-hybridized carbons (Fsp3) is 0.636. The van der Waals surface area contributed by atoms with Crippen LogP contribution in [0.1, 0.15) is 12.8 Å². The summed E-state index contributed by atoms with van der Waals surface area (Å²) in [4.78, 5) is 11.8. The highest BCUT2D eigenvalue weighted by Gasteiger charge is 2.22. The summed E-state index contributed by atoms with van der Waals surface area (Å²) in [6.07, 6.45) is 5.43. The fourth-order valence-corrected chi connectivity index (χ4v) is 1.87. The number of nitrogens with zero attached hydrogens (tertiary/aromatic N) is 2. The second kappa shape index (κ2) is 7.35. The largest absolute Gasteiger partial charge is 0.383 e. The number of hydrogen-bond acceptors (Lipinski definition) is 4. The van der Waals surface area contributed by atoms with Crippen LogP contribution in [0.25, 0.3) is 0 Å². The molecule has 1 aliphatic heterocycles. The molecule has 0 aromatic carbocycles. The van der Waals surface area contributed by atoms with Crippen molar-refractivity contribution in [3.63, 3.8) is 0 Å². The van der Waals surface area contributed by atoms with Crippen molar-refractivity contribution in [3.8, 4) is 0 Å². The number of halogens is 1. The van der Waals surface area contributed by atoms with Gasteiger partial charge in [-0.25, -0.2) is 0 Å². The third-order valence-electron chi connectivity index (χ3n) is 2.80. The van der Waals surface area contributed by atoms with Gasteiger partial charge < -0.3 is 15.4 Å². The molecule has 0 radical (unpaired) electrons. The molecule has 2 N–H and O–H groups in total. The summed E-state index contributed by atoms with van der Waals surface area (Å²) in [5.41, 5.74) is 0.736. The zero-order chi connectivity index (χ0) is 12.1. The van der Waals surface area contributed by atoms with Crippen molar-refractivity contribution in [2.24, 2.45) is 0 Å². The summed E-state index contributed by atoms with van der Waals surface area (Å²) in [7, 11) is 1.65. The Labute approximate surface area is 112 Å². The first kappa shape index (κ1) is 14.9. The lowest BCUT2D eigenvalue weighted by Crippen LogP contribution is -2.35. The molecule has 6 nitrogen and oxygen atoms in total. The van der Waals surface area contributed by atoms with E-state index in [2.05, 4.69) is 15.7 Å². The first-order valence-electron chi connectivity index (χ1n) is 5.85. The van der Waals surface area contributed by atoms with Gasteiger partial charge in [-0.15, -0.1) is 12.4 Å². The predicted molar refractivity (Wildman–Crippen MR) is 71.0 cm³/mol. The van der Waals surface area contributed by atoms with Crippen LogP contribution in [-0.2, 0) is 16.1 Å². The van der Waals surface area contributed by atoms with Gasteiger partial charge in [0.1, 0.15) is 0 Å². The van der Waals surface area contributed by atoms with Gasteiger partial charge in [0, 0.05) is 13.3 Å². The molecule has 0 aliphatic carbocycles. The van der Waals surface area contributed by atoms with Crippen molar-refractivity contribution in [3.05, 3.63) is 12.4 Å². The van der Waals surface area contributed by atoms with Crippen molar-refractivity contribution in [1.82, 2.24) is 15.1 Å². The summed E-state index contributed by atoms with van der Waals surface area (Å²) in [5.74, 6) is 0.0220. The molecule has 0 spiro atoms. The van der Waals surface area contributed by atoms with Crippen LogP contribution in [0, 0.1) is 0 Å². The van der Waals surface area contributed by atoms with E-state index in [0.29, 0.717) is 13.2 Å². The fourth-order valence-electron chi connectivity index (χ4n) is 1.87. The quantitative estimate of drug-likeness (QED) is 0.827. The van der Waals surface area contributed by atoms with Crippen molar-refractivity contribution in [1.29, 1.82) is 0 Å². The molecule has 0 bridgehead atoms. The molecule has 2 rings (SSSR count).